The molecule has 1 amide bonds. The number of rotatable bonds is 5. The minimum Gasteiger partial charge on any atom is -0.466 e. The van der Waals surface area contributed by atoms with Crippen LogP contribution in [0.4, 0.5) is 5.00 Å². The summed E-state index contributed by atoms with van der Waals surface area (Å²) in [5, 5.41) is 3.48. The monoisotopic (exact) mass is 395 g/mol. The molecule has 7 heteroatoms. The Balaban J connectivity index is 0.00000280. The van der Waals surface area contributed by atoms with Crippen molar-refractivity contribution in [2.24, 2.45) is 11.8 Å². The molecule has 1 atom stereocenters. The summed E-state index contributed by atoms with van der Waals surface area (Å²) < 4.78 is 10.8. The Morgan fingerprint density at radius 1 is 1.19 bits per heavy atom. The van der Waals surface area contributed by atoms with Crippen LogP contribution < -0.4 is 5.32 Å². The molecule has 1 aromatic rings. The van der Waals surface area contributed by atoms with Crippen LogP contribution in [0.3, 0.4) is 0 Å². The van der Waals surface area contributed by atoms with Crippen molar-refractivity contribution in [2.45, 2.75) is 65.4 Å². The molecule has 0 aromatic carbocycles. The minimum atomic E-state index is -0.640. The molecule has 0 unspecified atom stereocenters. The highest BCUT2D eigenvalue weighted by molar-refractivity contribution is 7.17. The maximum Gasteiger partial charge on any atom is 0.341 e. The van der Waals surface area contributed by atoms with Crippen LogP contribution in [-0.2, 0) is 31.9 Å². The Bertz CT molecular complexity index is 763. The first-order valence-corrected chi connectivity index (χ1v) is 10.4. The normalized spacial score (nSPS) is 19.2. The summed E-state index contributed by atoms with van der Waals surface area (Å²) in [5.74, 6) is -0.938. The molecular formula is C20H29NO5S. The van der Waals surface area contributed by atoms with Gasteiger partial charge in [0.2, 0.25) is 5.91 Å². The second-order valence-electron chi connectivity index (χ2n) is 8.17. The van der Waals surface area contributed by atoms with E-state index in [4.69, 9.17) is 9.47 Å². The molecule has 0 radical (unpaired) electrons. The summed E-state index contributed by atoms with van der Waals surface area (Å²) in [6.07, 6.45) is 3.61. The predicted octanol–water partition coefficient (Wildman–Crippen LogP) is 3.97. The molecule has 1 N–H and O–H groups in total. The molecule has 2 aliphatic rings. The van der Waals surface area contributed by atoms with Crippen LogP contribution in [0.25, 0.3) is 0 Å². The summed E-state index contributed by atoms with van der Waals surface area (Å²) in [7, 11) is 0. The van der Waals surface area contributed by atoms with Crippen LogP contribution in [0.1, 0.15) is 69.2 Å². The SMILES string of the molecule is CCOC(=O)[C@@H]1CCc2sc(NC(=O)C3CC3)c(C(=O)OC(C)(C)C)c2C1.[HH]. The highest BCUT2D eigenvalue weighted by Crippen LogP contribution is 2.42. The van der Waals surface area contributed by atoms with Crippen molar-refractivity contribution in [1.82, 2.24) is 0 Å². The highest BCUT2D eigenvalue weighted by Gasteiger charge is 2.36. The number of hydrogen-bond acceptors (Lipinski definition) is 6. The van der Waals surface area contributed by atoms with Gasteiger partial charge in [-0.15, -0.1) is 11.3 Å². The molecule has 0 bridgehead atoms. The van der Waals surface area contributed by atoms with Gasteiger partial charge < -0.3 is 14.8 Å². The quantitative estimate of drug-likeness (QED) is 0.763. The van der Waals surface area contributed by atoms with Crippen LogP contribution in [0.5, 0.6) is 0 Å². The number of nitrogens with one attached hydrogen (secondary N) is 1. The van der Waals surface area contributed by atoms with Gasteiger partial charge in [0.15, 0.2) is 0 Å². The van der Waals surface area contributed by atoms with Crippen molar-refractivity contribution in [2.75, 3.05) is 11.9 Å². The lowest BCUT2D eigenvalue weighted by atomic mass is 9.86. The second-order valence-corrected chi connectivity index (χ2v) is 9.27. The van der Waals surface area contributed by atoms with Crippen molar-refractivity contribution in [1.29, 1.82) is 0 Å². The number of esters is 2. The van der Waals surface area contributed by atoms with Crippen LogP contribution in [0.15, 0.2) is 0 Å². The van der Waals surface area contributed by atoms with E-state index < -0.39 is 11.6 Å². The fourth-order valence-electron chi connectivity index (χ4n) is 3.24. The first kappa shape index (κ1) is 19.9. The van der Waals surface area contributed by atoms with Gasteiger partial charge in [-0.2, -0.15) is 0 Å². The number of anilines is 1. The summed E-state index contributed by atoms with van der Waals surface area (Å²) in [6, 6.07) is 0. The van der Waals surface area contributed by atoms with Gasteiger partial charge in [-0.1, -0.05) is 0 Å². The molecule has 0 aliphatic heterocycles. The third-order valence-corrected chi connectivity index (χ3v) is 5.88. The molecule has 1 fully saturated rings. The average molecular weight is 396 g/mol. The topological polar surface area (TPSA) is 81.7 Å². The summed E-state index contributed by atoms with van der Waals surface area (Å²) >= 11 is 1.43. The van der Waals surface area contributed by atoms with Gasteiger partial charge in [-0.3, -0.25) is 9.59 Å². The molecule has 1 heterocycles. The van der Waals surface area contributed by atoms with Crippen molar-refractivity contribution in [3.8, 4) is 0 Å². The van der Waals surface area contributed by atoms with E-state index in [1.54, 1.807) is 6.92 Å². The number of amides is 1. The Hall–Kier alpha value is -1.89. The second kappa shape index (κ2) is 7.62. The molecule has 0 spiro atoms. The van der Waals surface area contributed by atoms with E-state index in [-0.39, 0.29) is 25.1 Å². The Morgan fingerprint density at radius 2 is 1.89 bits per heavy atom. The molecule has 1 aromatic heterocycles. The van der Waals surface area contributed by atoms with E-state index in [1.165, 1.54) is 11.3 Å². The lowest BCUT2D eigenvalue weighted by Crippen LogP contribution is -2.28. The first-order valence-electron chi connectivity index (χ1n) is 9.55. The smallest absolute Gasteiger partial charge is 0.341 e. The van der Waals surface area contributed by atoms with Crippen LogP contribution >= 0.6 is 11.3 Å². The van der Waals surface area contributed by atoms with Crippen LogP contribution in [0, 0.1) is 11.8 Å². The predicted molar refractivity (Wildman–Crippen MR) is 105 cm³/mol. The zero-order valence-electron chi connectivity index (χ0n) is 16.3. The number of aryl methyl sites for hydroxylation is 1. The van der Waals surface area contributed by atoms with Gasteiger partial charge in [0.05, 0.1) is 18.1 Å². The standard InChI is InChI=1S/C20H27NO5S.H2/c1-5-25-18(23)12-8-9-14-13(10-12)15(19(24)26-20(2,3)4)17(27-14)21-16(22)11-6-7-11;/h11-12H,5-10H2,1-4H3,(H,21,22);1H/t12-;/m1./s1. The van der Waals surface area contributed by atoms with Crippen LogP contribution in [-0.4, -0.2) is 30.1 Å². The van der Waals surface area contributed by atoms with Gasteiger partial charge >= 0.3 is 11.9 Å². The number of fused-ring (bicyclic) bond motifs is 1. The van der Waals surface area contributed by atoms with Gasteiger partial charge in [0.25, 0.3) is 0 Å². The average Bonchev–Trinajstić information content (AvgIpc) is 3.34. The van der Waals surface area contributed by atoms with E-state index in [1.807, 2.05) is 20.8 Å². The molecule has 1 saturated carbocycles. The molecule has 27 heavy (non-hydrogen) atoms. The number of thiophene rings is 1. The molecule has 0 saturated heterocycles. The van der Waals surface area contributed by atoms with Gasteiger partial charge in [0, 0.05) is 12.2 Å². The largest absolute Gasteiger partial charge is 0.466 e. The van der Waals surface area contributed by atoms with Crippen LogP contribution in [0.2, 0.25) is 0 Å². The summed E-state index contributed by atoms with van der Waals surface area (Å²) in [6.45, 7) is 7.57. The zero-order valence-corrected chi connectivity index (χ0v) is 17.2. The molecule has 2 aliphatic carbocycles. The zero-order chi connectivity index (χ0) is 19.8. The number of carbonyl (C=O) groups excluding carboxylic acids is 3. The van der Waals surface area contributed by atoms with Crippen molar-refractivity contribution in [3.63, 3.8) is 0 Å². The van der Waals surface area contributed by atoms with Crippen molar-refractivity contribution >= 4 is 34.2 Å². The molecule has 3 rings (SSSR count). The van der Waals surface area contributed by atoms with E-state index in [9.17, 15) is 14.4 Å². The number of carbonyl (C=O) groups is 3. The fraction of sp³-hybridized carbons (Fsp3) is 0.650. The Labute approximate surface area is 165 Å². The lowest BCUT2D eigenvalue weighted by Gasteiger charge is -2.23. The van der Waals surface area contributed by atoms with Crippen molar-refractivity contribution < 1.29 is 25.3 Å². The third-order valence-electron chi connectivity index (χ3n) is 4.67. The maximum absolute atomic E-state index is 12.9. The number of ether oxygens (including phenoxy) is 2. The summed E-state index contributed by atoms with van der Waals surface area (Å²) in [5.41, 5.74) is 0.594. The Kier molecular flexibility index (Phi) is 5.60. The first-order chi connectivity index (χ1) is 12.7. The highest BCUT2D eigenvalue weighted by atomic mass is 32.1. The Morgan fingerprint density at radius 3 is 2.48 bits per heavy atom. The molecule has 6 nitrogen and oxygen atoms in total. The van der Waals surface area contributed by atoms with Gasteiger partial charge in [0.1, 0.15) is 10.6 Å². The van der Waals surface area contributed by atoms with E-state index in [2.05, 4.69) is 5.32 Å². The maximum atomic E-state index is 12.9. The van der Waals surface area contributed by atoms with E-state index in [0.717, 1.165) is 23.3 Å². The molecular weight excluding hydrogens is 366 g/mol. The van der Waals surface area contributed by atoms with Gasteiger partial charge in [-0.25, -0.2) is 4.79 Å². The van der Waals surface area contributed by atoms with Gasteiger partial charge in [-0.05, 0) is 65.4 Å². The fourth-order valence-corrected chi connectivity index (χ4v) is 4.47. The lowest BCUT2D eigenvalue weighted by molar-refractivity contribution is -0.148. The third kappa shape index (κ3) is 4.69. The summed E-state index contributed by atoms with van der Waals surface area (Å²) in [4.78, 5) is 38.4. The molecule has 150 valence electrons. The van der Waals surface area contributed by atoms with E-state index in [0.29, 0.717) is 36.4 Å². The van der Waals surface area contributed by atoms with E-state index >= 15 is 0 Å². The van der Waals surface area contributed by atoms with Crippen molar-refractivity contribution in [3.05, 3.63) is 16.0 Å². The minimum absolute atomic E-state index is 0. The number of hydrogen-bond donors (Lipinski definition) is 1.